The average Bonchev–Trinajstić information content (AvgIpc) is 2.68. The van der Waals surface area contributed by atoms with E-state index in [0.29, 0.717) is 29.4 Å². The van der Waals surface area contributed by atoms with Gasteiger partial charge in [0.25, 0.3) is 0 Å². The molecule has 1 aromatic heterocycles. The Kier molecular flexibility index (Phi) is 5.52. The summed E-state index contributed by atoms with van der Waals surface area (Å²) in [6, 6.07) is 9.54. The fourth-order valence-electron chi connectivity index (χ4n) is 4.20. The van der Waals surface area contributed by atoms with Crippen LogP contribution in [-0.4, -0.2) is 56.0 Å². The van der Waals surface area contributed by atoms with Crippen molar-refractivity contribution in [2.45, 2.75) is 19.0 Å². The summed E-state index contributed by atoms with van der Waals surface area (Å²) in [4.78, 5) is 5.77. The number of hydrogen-bond donors (Lipinski definition) is 0. The number of pyridine rings is 1. The summed E-state index contributed by atoms with van der Waals surface area (Å²) in [5.74, 6) is 1.37. The van der Waals surface area contributed by atoms with Gasteiger partial charge in [0.15, 0.2) is 9.84 Å². The van der Waals surface area contributed by atoms with Gasteiger partial charge in [0.1, 0.15) is 18.1 Å². The summed E-state index contributed by atoms with van der Waals surface area (Å²) in [7, 11) is -2.79. The Morgan fingerprint density at radius 3 is 2.17 bits per heavy atom. The van der Waals surface area contributed by atoms with Gasteiger partial charge in [0.05, 0.1) is 11.5 Å². The van der Waals surface area contributed by atoms with E-state index in [2.05, 4.69) is 9.88 Å². The molecular formula is C21H23F3N2O3S. The summed E-state index contributed by atoms with van der Waals surface area (Å²) in [6.07, 6.45) is -1.39. The molecule has 0 unspecified atom stereocenters. The zero-order valence-electron chi connectivity index (χ0n) is 16.4. The molecule has 162 valence electrons. The molecule has 0 aliphatic carbocycles. The van der Waals surface area contributed by atoms with E-state index in [1.807, 2.05) is 0 Å². The van der Waals surface area contributed by atoms with Crippen molar-refractivity contribution in [3.63, 3.8) is 0 Å². The fourth-order valence-corrected chi connectivity index (χ4v) is 6.56. The second kappa shape index (κ2) is 7.85. The first-order valence-electron chi connectivity index (χ1n) is 9.84. The highest BCUT2D eigenvalue weighted by Crippen LogP contribution is 2.42. The molecule has 0 N–H and O–H groups in total. The van der Waals surface area contributed by atoms with Crippen molar-refractivity contribution < 1.29 is 26.3 Å². The van der Waals surface area contributed by atoms with E-state index in [4.69, 9.17) is 4.74 Å². The number of likely N-dealkylation sites (tertiary alicyclic amines) is 1. The molecule has 4 rings (SSSR count). The second-order valence-corrected chi connectivity index (χ2v) is 10.2. The van der Waals surface area contributed by atoms with E-state index in [9.17, 15) is 21.6 Å². The summed E-state index contributed by atoms with van der Waals surface area (Å²) in [5.41, 5.74) is 0.475. The van der Waals surface area contributed by atoms with Crippen LogP contribution < -0.4 is 4.74 Å². The van der Waals surface area contributed by atoms with Crippen molar-refractivity contribution in [3.8, 4) is 16.9 Å². The first kappa shape index (κ1) is 21.1. The summed E-state index contributed by atoms with van der Waals surface area (Å²) in [5, 5.41) is 0. The van der Waals surface area contributed by atoms with Crippen LogP contribution in [0.2, 0.25) is 0 Å². The topological polar surface area (TPSA) is 59.5 Å². The molecule has 2 saturated heterocycles. The lowest BCUT2D eigenvalue weighted by atomic mass is 9.81. The molecule has 2 aromatic rings. The molecule has 1 spiro atoms. The van der Waals surface area contributed by atoms with Gasteiger partial charge in [-0.15, -0.1) is 0 Å². The van der Waals surface area contributed by atoms with Crippen LogP contribution in [0.25, 0.3) is 11.1 Å². The molecule has 30 heavy (non-hydrogen) atoms. The lowest BCUT2D eigenvalue weighted by Crippen LogP contribution is -2.54. The Balaban J connectivity index is 1.24. The van der Waals surface area contributed by atoms with Crippen LogP contribution in [0.4, 0.5) is 13.2 Å². The van der Waals surface area contributed by atoms with Gasteiger partial charge in [-0.3, -0.25) is 9.88 Å². The summed E-state index contributed by atoms with van der Waals surface area (Å²) < 4.78 is 66.5. The highest BCUT2D eigenvalue weighted by atomic mass is 32.2. The number of ether oxygens (including phenoxy) is 1. The van der Waals surface area contributed by atoms with Crippen molar-refractivity contribution in [3.05, 3.63) is 48.3 Å². The van der Waals surface area contributed by atoms with Crippen LogP contribution in [-0.2, 0) is 16.0 Å². The normalized spacial score (nSPS) is 20.6. The van der Waals surface area contributed by atoms with E-state index in [1.165, 1.54) is 12.3 Å². The van der Waals surface area contributed by atoms with Gasteiger partial charge in [0, 0.05) is 23.7 Å². The number of alkyl halides is 3. The third-order valence-electron chi connectivity index (χ3n) is 5.89. The van der Waals surface area contributed by atoms with Crippen molar-refractivity contribution in [1.82, 2.24) is 9.88 Å². The maximum absolute atomic E-state index is 12.6. The Labute approximate surface area is 173 Å². The van der Waals surface area contributed by atoms with Gasteiger partial charge in [-0.1, -0.05) is 18.2 Å². The van der Waals surface area contributed by atoms with Crippen LogP contribution in [0.3, 0.4) is 0 Å². The molecule has 2 aliphatic heterocycles. The number of aromatic nitrogens is 1. The molecule has 2 aliphatic rings. The van der Waals surface area contributed by atoms with E-state index in [-0.39, 0.29) is 5.41 Å². The maximum Gasteiger partial charge on any atom is 0.433 e. The largest absolute Gasteiger partial charge is 0.492 e. The van der Waals surface area contributed by atoms with E-state index >= 15 is 0 Å². The minimum atomic E-state index is -4.44. The molecule has 9 heteroatoms. The Morgan fingerprint density at radius 1 is 1.00 bits per heavy atom. The van der Waals surface area contributed by atoms with E-state index < -0.39 is 21.7 Å². The van der Waals surface area contributed by atoms with E-state index in [0.717, 1.165) is 44.1 Å². The number of rotatable bonds is 5. The molecule has 1 aromatic carbocycles. The smallest absolute Gasteiger partial charge is 0.433 e. The van der Waals surface area contributed by atoms with Gasteiger partial charge >= 0.3 is 6.18 Å². The number of hydrogen-bond acceptors (Lipinski definition) is 5. The standard InChI is InChI=1S/C21H23F3N2O3S/c22-21(23,24)19-6-3-17(13-25-19)16-1-4-18(5-2-16)29-12-11-26-9-7-20(8-10-26)14-30(27,28)15-20/h1-6,13H,7-12,14-15H2. The van der Waals surface area contributed by atoms with Gasteiger partial charge in [-0.2, -0.15) is 13.2 Å². The Morgan fingerprint density at radius 2 is 1.63 bits per heavy atom. The Hall–Kier alpha value is -2.13. The molecule has 0 radical (unpaired) electrons. The van der Waals surface area contributed by atoms with Crippen LogP contribution in [0, 0.1) is 5.41 Å². The SMILES string of the molecule is O=S1(=O)CC2(CCN(CCOc3ccc(-c4ccc(C(F)(F)F)nc4)cc3)CC2)C1. The van der Waals surface area contributed by atoms with Crippen molar-refractivity contribution >= 4 is 9.84 Å². The number of halogens is 3. The predicted octanol–water partition coefficient (Wildman–Crippen LogP) is 3.66. The van der Waals surface area contributed by atoms with Crippen LogP contribution in [0.1, 0.15) is 18.5 Å². The maximum atomic E-state index is 12.6. The Bertz CT molecular complexity index is 968. The minimum Gasteiger partial charge on any atom is -0.492 e. The third kappa shape index (κ3) is 4.78. The quantitative estimate of drug-likeness (QED) is 0.710. The number of benzene rings is 1. The lowest BCUT2D eigenvalue weighted by Gasteiger charge is -2.47. The minimum absolute atomic E-state index is 0.0131. The molecule has 0 amide bonds. The molecule has 3 heterocycles. The molecule has 0 saturated carbocycles. The first-order valence-corrected chi connectivity index (χ1v) is 11.7. The molecular weight excluding hydrogens is 417 g/mol. The van der Waals surface area contributed by atoms with Gasteiger partial charge in [-0.05, 0) is 49.7 Å². The van der Waals surface area contributed by atoms with Gasteiger partial charge in [-0.25, -0.2) is 8.42 Å². The zero-order chi connectivity index (χ0) is 21.4. The van der Waals surface area contributed by atoms with Gasteiger partial charge in [0.2, 0.25) is 0 Å². The molecule has 2 fully saturated rings. The predicted molar refractivity (Wildman–Crippen MR) is 107 cm³/mol. The average molecular weight is 440 g/mol. The summed E-state index contributed by atoms with van der Waals surface area (Å²) >= 11 is 0. The zero-order valence-corrected chi connectivity index (χ0v) is 17.2. The third-order valence-corrected chi connectivity index (χ3v) is 7.99. The lowest BCUT2D eigenvalue weighted by molar-refractivity contribution is -0.141. The molecule has 5 nitrogen and oxygen atoms in total. The highest BCUT2D eigenvalue weighted by molar-refractivity contribution is 7.92. The molecule has 0 atom stereocenters. The van der Waals surface area contributed by atoms with Crippen molar-refractivity contribution in [2.75, 3.05) is 37.7 Å². The second-order valence-electron chi connectivity index (χ2n) is 8.18. The van der Waals surface area contributed by atoms with Crippen molar-refractivity contribution in [2.24, 2.45) is 5.41 Å². The number of piperidine rings is 1. The first-order chi connectivity index (χ1) is 14.1. The number of nitrogens with zero attached hydrogens (tertiary/aromatic N) is 2. The molecule has 0 bridgehead atoms. The van der Waals surface area contributed by atoms with Crippen LogP contribution in [0.15, 0.2) is 42.6 Å². The fraction of sp³-hybridized carbons (Fsp3) is 0.476. The summed E-state index contributed by atoms with van der Waals surface area (Å²) in [6.45, 7) is 3.07. The van der Waals surface area contributed by atoms with Crippen LogP contribution >= 0.6 is 0 Å². The monoisotopic (exact) mass is 440 g/mol. The number of sulfone groups is 1. The highest BCUT2D eigenvalue weighted by Gasteiger charge is 2.49. The van der Waals surface area contributed by atoms with Crippen molar-refractivity contribution in [1.29, 1.82) is 0 Å². The van der Waals surface area contributed by atoms with E-state index in [1.54, 1.807) is 24.3 Å². The van der Waals surface area contributed by atoms with Crippen LogP contribution in [0.5, 0.6) is 5.75 Å². The van der Waals surface area contributed by atoms with Gasteiger partial charge < -0.3 is 4.74 Å².